The summed E-state index contributed by atoms with van der Waals surface area (Å²) in [5, 5.41) is 16.4. The van der Waals surface area contributed by atoms with E-state index in [4.69, 9.17) is 9.15 Å². The summed E-state index contributed by atoms with van der Waals surface area (Å²) in [6.45, 7) is 5.42. The monoisotopic (exact) mass is 390 g/mol. The van der Waals surface area contributed by atoms with Crippen LogP contribution >= 0.6 is 11.3 Å². The lowest BCUT2D eigenvalue weighted by atomic mass is 10.1. The van der Waals surface area contributed by atoms with Crippen LogP contribution in [0.15, 0.2) is 22.8 Å². The Hall–Kier alpha value is -2.30. The van der Waals surface area contributed by atoms with Gasteiger partial charge in [0.15, 0.2) is 5.82 Å². The van der Waals surface area contributed by atoms with Gasteiger partial charge in [-0.15, -0.1) is 10.2 Å². The van der Waals surface area contributed by atoms with Crippen LogP contribution in [0.3, 0.4) is 0 Å². The van der Waals surface area contributed by atoms with Gasteiger partial charge in [-0.05, 0) is 19.1 Å². The lowest BCUT2D eigenvalue weighted by Gasteiger charge is -2.33. The fraction of sp³-hybridized carbons (Fsp3) is 0.529. The van der Waals surface area contributed by atoms with Crippen LogP contribution in [0.2, 0.25) is 0 Å². The minimum absolute atomic E-state index is 0.00232. The predicted molar refractivity (Wildman–Crippen MR) is 98.6 cm³/mol. The first-order chi connectivity index (χ1) is 13.2. The first kappa shape index (κ1) is 18.1. The van der Waals surface area contributed by atoms with Crippen LogP contribution in [0.1, 0.15) is 29.1 Å². The molecule has 0 aromatic carbocycles. The Morgan fingerprint density at radius 1 is 1.37 bits per heavy atom. The van der Waals surface area contributed by atoms with Crippen LogP contribution in [-0.2, 0) is 16.0 Å². The Bertz CT molecular complexity index is 884. The Morgan fingerprint density at radius 3 is 2.96 bits per heavy atom. The SMILES string of the molecule is Cc1nnc2sc(CCC(=O)NCC(c3ccco3)N3CCOCC3)nn12. The first-order valence-electron chi connectivity index (χ1n) is 9.00. The maximum absolute atomic E-state index is 12.4. The van der Waals surface area contributed by atoms with Gasteiger partial charge in [-0.1, -0.05) is 11.3 Å². The van der Waals surface area contributed by atoms with Gasteiger partial charge in [-0.25, -0.2) is 0 Å². The number of rotatable bonds is 7. The summed E-state index contributed by atoms with van der Waals surface area (Å²) in [5.41, 5.74) is 0. The third kappa shape index (κ3) is 4.18. The highest BCUT2D eigenvalue weighted by Crippen LogP contribution is 2.22. The topological polar surface area (TPSA) is 97.8 Å². The minimum atomic E-state index is 0.00232. The molecule has 1 aliphatic heterocycles. The number of ether oxygens (including phenoxy) is 1. The molecule has 1 saturated heterocycles. The summed E-state index contributed by atoms with van der Waals surface area (Å²) in [6.07, 6.45) is 2.64. The molecule has 0 spiro atoms. The summed E-state index contributed by atoms with van der Waals surface area (Å²) < 4.78 is 12.7. The molecule has 144 valence electrons. The predicted octanol–water partition coefficient (Wildman–Crippen LogP) is 1.21. The molecule has 3 aromatic rings. The van der Waals surface area contributed by atoms with Gasteiger partial charge in [0.25, 0.3) is 0 Å². The average molecular weight is 390 g/mol. The Kier molecular flexibility index (Phi) is 5.46. The second-order valence-corrected chi connectivity index (χ2v) is 7.46. The normalized spacial score (nSPS) is 16.6. The highest BCUT2D eigenvalue weighted by molar-refractivity contribution is 7.16. The molecule has 1 atom stereocenters. The van der Waals surface area contributed by atoms with Gasteiger partial charge in [-0.3, -0.25) is 9.69 Å². The van der Waals surface area contributed by atoms with Crippen molar-refractivity contribution in [2.75, 3.05) is 32.8 Å². The van der Waals surface area contributed by atoms with Crippen LogP contribution in [-0.4, -0.2) is 63.5 Å². The van der Waals surface area contributed by atoms with Crippen molar-refractivity contribution in [2.24, 2.45) is 0 Å². The summed E-state index contributed by atoms with van der Waals surface area (Å²) >= 11 is 1.47. The quantitative estimate of drug-likeness (QED) is 0.647. The molecule has 1 unspecified atom stereocenters. The fourth-order valence-electron chi connectivity index (χ4n) is 3.15. The molecule has 1 fully saturated rings. The number of aryl methyl sites for hydroxylation is 2. The molecular formula is C17H22N6O3S. The van der Waals surface area contributed by atoms with Gasteiger partial charge >= 0.3 is 0 Å². The van der Waals surface area contributed by atoms with E-state index >= 15 is 0 Å². The molecule has 1 amide bonds. The van der Waals surface area contributed by atoms with E-state index in [1.807, 2.05) is 19.1 Å². The third-order valence-corrected chi connectivity index (χ3v) is 5.56. The zero-order valence-corrected chi connectivity index (χ0v) is 15.9. The highest BCUT2D eigenvalue weighted by atomic mass is 32.1. The largest absolute Gasteiger partial charge is 0.468 e. The summed E-state index contributed by atoms with van der Waals surface area (Å²) in [6, 6.07) is 3.85. The van der Waals surface area contributed by atoms with Crippen molar-refractivity contribution in [2.45, 2.75) is 25.8 Å². The summed E-state index contributed by atoms with van der Waals surface area (Å²) in [7, 11) is 0. The number of morpholine rings is 1. The maximum atomic E-state index is 12.4. The molecule has 10 heteroatoms. The number of aromatic nitrogens is 4. The molecule has 1 aliphatic rings. The van der Waals surface area contributed by atoms with Crippen LogP contribution in [0.25, 0.3) is 4.96 Å². The van der Waals surface area contributed by atoms with E-state index in [0.717, 1.165) is 34.6 Å². The van der Waals surface area contributed by atoms with Crippen molar-refractivity contribution in [3.05, 3.63) is 35.0 Å². The number of hydrogen-bond acceptors (Lipinski definition) is 8. The summed E-state index contributed by atoms with van der Waals surface area (Å²) in [5.74, 6) is 1.62. The Morgan fingerprint density at radius 2 is 2.22 bits per heavy atom. The van der Waals surface area contributed by atoms with E-state index in [1.54, 1.807) is 10.8 Å². The van der Waals surface area contributed by atoms with Crippen molar-refractivity contribution >= 4 is 22.2 Å². The maximum Gasteiger partial charge on any atom is 0.234 e. The highest BCUT2D eigenvalue weighted by Gasteiger charge is 2.25. The van der Waals surface area contributed by atoms with Gasteiger partial charge < -0.3 is 14.5 Å². The number of carbonyl (C=O) groups excluding carboxylic acids is 1. The van der Waals surface area contributed by atoms with Crippen molar-refractivity contribution in [1.82, 2.24) is 30.0 Å². The van der Waals surface area contributed by atoms with Gasteiger partial charge in [0.05, 0.1) is 25.5 Å². The van der Waals surface area contributed by atoms with Crippen molar-refractivity contribution in [3.8, 4) is 0 Å². The van der Waals surface area contributed by atoms with Crippen LogP contribution < -0.4 is 5.32 Å². The number of carbonyl (C=O) groups is 1. The smallest absolute Gasteiger partial charge is 0.234 e. The van der Waals surface area contributed by atoms with Gasteiger partial charge in [0.1, 0.15) is 10.8 Å². The molecule has 4 rings (SSSR count). The Labute approximate surface area is 160 Å². The van der Waals surface area contributed by atoms with Crippen LogP contribution in [0, 0.1) is 6.92 Å². The van der Waals surface area contributed by atoms with Crippen molar-refractivity contribution < 1.29 is 13.9 Å². The van der Waals surface area contributed by atoms with E-state index in [9.17, 15) is 4.79 Å². The lowest BCUT2D eigenvalue weighted by molar-refractivity contribution is -0.121. The second-order valence-electron chi connectivity index (χ2n) is 6.42. The molecule has 1 N–H and O–H groups in total. The number of amides is 1. The zero-order chi connectivity index (χ0) is 18.6. The standard InChI is InChI=1S/C17H22N6O3S/c1-12-19-20-17-23(12)21-16(27-17)5-4-15(24)18-11-13(14-3-2-8-26-14)22-6-9-25-10-7-22/h2-3,8,13H,4-7,9-11H2,1H3,(H,18,24). The molecule has 0 aliphatic carbocycles. The lowest BCUT2D eigenvalue weighted by Crippen LogP contribution is -2.43. The van der Waals surface area contributed by atoms with Gasteiger partial charge in [-0.2, -0.15) is 9.61 Å². The van der Waals surface area contributed by atoms with Gasteiger partial charge in [0.2, 0.25) is 10.9 Å². The number of fused-ring (bicyclic) bond motifs is 1. The van der Waals surface area contributed by atoms with Crippen LogP contribution in [0.5, 0.6) is 0 Å². The molecule has 4 heterocycles. The third-order valence-electron chi connectivity index (χ3n) is 4.61. The second kappa shape index (κ2) is 8.15. The van der Waals surface area contributed by atoms with Gasteiger partial charge in [0, 0.05) is 32.5 Å². The molecule has 0 bridgehead atoms. The van der Waals surface area contributed by atoms with E-state index in [0.29, 0.717) is 32.6 Å². The molecular weight excluding hydrogens is 368 g/mol. The first-order valence-corrected chi connectivity index (χ1v) is 9.82. The molecule has 27 heavy (non-hydrogen) atoms. The van der Waals surface area contributed by atoms with Crippen molar-refractivity contribution in [1.29, 1.82) is 0 Å². The molecule has 0 saturated carbocycles. The number of nitrogens with zero attached hydrogens (tertiary/aromatic N) is 5. The molecule has 0 radical (unpaired) electrons. The minimum Gasteiger partial charge on any atom is -0.468 e. The fourth-order valence-corrected chi connectivity index (χ4v) is 4.03. The number of nitrogens with one attached hydrogen (secondary N) is 1. The molecule has 9 nitrogen and oxygen atoms in total. The van der Waals surface area contributed by atoms with E-state index < -0.39 is 0 Å². The van der Waals surface area contributed by atoms with E-state index in [-0.39, 0.29) is 11.9 Å². The van der Waals surface area contributed by atoms with Crippen LogP contribution in [0.4, 0.5) is 0 Å². The average Bonchev–Trinajstić information content (AvgIpc) is 3.41. The number of furan rings is 1. The summed E-state index contributed by atoms with van der Waals surface area (Å²) in [4.78, 5) is 15.4. The van der Waals surface area contributed by atoms with E-state index in [2.05, 4.69) is 25.5 Å². The molecule has 3 aromatic heterocycles. The zero-order valence-electron chi connectivity index (χ0n) is 15.1. The Balaban J connectivity index is 1.32. The van der Waals surface area contributed by atoms with E-state index in [1.165, 1.54) is 11.3 Å². The van der Waals surface area contributed by atoms with Crippen molar-refractivity contribution in [3.63, 3.8) is 0 Å². The number of hydrogen-bond donors (Lipinski definition) is 1.